The number of benzene rings is 2. The Bertz CT molecular complexity index is 1090. The van der Waals surface area contributed by atoms with Crippen molar-refractivity contribution in [3.05, 3.63) is 69.9 Å². The second kappa shape index (κ2) is 7.67. The average molecular weight is 400 g/mol. The van der Waals surface area contributed by atoms with E-state index in [2.05, 4.69) is 10.00 Å². The molecule has 0 atom stereocenters. The van der Waals surface area contributed by atoms with Gasteiger partial charge < -0.3 is 0 Å². The van der Waals surface area contributed by atoms with Crippen LogP contribution in [0.4, 0.5) is 14.5 Å². The first-order chi connectivity index (χ1) is 13.9. The molecular weight excluding hydrogens is 382 g/mol. The van der Waals surface area contributed by atoms with E-state index < -0.39 is 16.6 Å². The molecule has 1 aliphatic heterocycles. The van der Waals surface area contributed by atoms with E-state index in [0.29, 0.717) is 38.0 Å². The summed E-state index contributed by atoms with van der Waals surface area (Å²) in [7, 11) is 0. The third-order valence-corrected chi connectivity index (χ3v) is 5.32. The fourth-order valence-corrected chi connectivity index (χ4v) is 3.73. The van der Waals surface area contributed by atoms with Crippen LogP contribution in [-0.2, 0) is 6.67 Å². The molecule has 7 nitrogen and oxygen atoms in total. The van der Waals surface area contributed by atoms with Gasteiger partial charge in [-0.15, -0.1) is 0 Å². The topological polar surface area (TPSA) is 81.3 Å². The number of piperidine rings is 1. The Morgan fingerprint density at radius 2 is 1.93 bits per heavy atom. The molecule has 1 saturated heterocycles. The molecule has 2 aromatic carbocycles. The number of nitrogens with zero attached hydrogens (tertiary/aromatic N) is 4. The minimum absolute atomic E-state index is 0.0148. The smallest absolute Gasteiger partial charge is 0.270 e. The number of non-ortho nitro benzene ring substituents is 1. The van der Waals surface area contributed by atoms with Gasteiger partial charge in [-0.3, -0.25) is 24.5 Å². The predicted molar refractivity (Wildman–Crippen MR) is 101 cm³/mol. The maximum Gasteiger partial charge on any atom is 0.270 e. The minimum atomic E-state index is -0.698. The van der Waals surface area contributed by atoms with Crippen LogP contribution in [0.3, 0.4) is 0 Å². The highest BCUT2D eigenvalue weighted by Gasteiger charge is 2.28. The van der Waals surface area contributed by atoms with Crippen molar-refractivity contribution >= 4 is 22.4 Å². The van der Waals surface area contributed by atoms with Gasteiger partial charge in [0, 0.05) is 36.5 Å². The number of ketones is 1. The number of rotatable bonds is 5. The zero-order valence-electron chi connectivity index (χ0n) is 15.4. The van der Waals surface area contributed by atoms with E-state index in [0.717, 1.165) is 23.7 Å². The quantitative estimate of drug-likeness (QED) is 0.370. The standard InChI is InChI=1S/C20H18F2N4O3/c21-15-1-3-18(22)17(10-15)20(27)13-5-7-24(8-6-13)12-25-19-4-2-16(26(28)29)9-14(19)11-23-25/h1-4,9-11,13H,5-8,12H2. The fraction of sp³-hybridized carbons (Fsp3) is 0.300. The van der Waals surface area contributed by atoms with Crippen molar-refractivity contribution in [3.63, 3.8) is 0 Å². The molecule has 3 aromatic rings. The Balaban J connectivity index is 1.41. The van der Waals surface area contributed by atoms with Crippen LogP contribution < -0.4 is 0 Å². The second-order valence-corrected chi connectivity index (χ2v) is 7.17. The van der Waals surface area contributed by atoms with Crippen molar-refractivity contribution in [1.82, 2.24) is 14.7 Å². The summed E-state index contributed by atoms with van der Waals surface area (Å²) < 4.78 is 29.0. The van der Waals surface area contributed by atoms with Crippen molar-refractivity contribution in [2.45, 2.75) is 19.5 Å². The van der Waals surface area contributed by atoms with Gasteiger partial charge in [0.1, 0.15) is 11.6 Å². The fourth-order valence-electron chi connectivity index (χ4n) is 3.73. The van der Waals surface area contributed by atoms with Crippen molar-refractivity contribution in [2.24, 2.45) is 5.92 Å². The summed E-state index contributed by atoms with van der Waals surface area (Å²) in [4.78, 5) is 25.1. The summed E-state index contributed by atoms with van der Waals surface area (Å²) >= 11 is 0. The molecule has 0 unspecified atom stereocenters. The highest BCUT2D eigenvalue weighted by atomic mass is 19.1. The van der Waals surface area contributed by atoms with Crippen molar-refractivity contribution < 1.29 is 18.5 Å². The molecule has 0 N–H and O–H groups in total. The summed E-state index contributed by atoms with van der Waals surface area (Å²) in [5.74, 6) is -2.04. The summed E-state index contributed by atoms with van der Waals surface area (Å²) in [6.07, 6.45) is 2.67. The van der Waals surface area contributed by atoms with Crippen LogP contribution in [0.5, 0.6) is 0 Å². The lowest BCUT2D eigenvalue weighted by molar-refractivity contribution is -0.384. The Morgan fingerprint density at radius 3 is 2.66 bits per heavy atom. The molecule has 4 rings (SSSR count). The van der Waals surface area contributed by atoms with Crippen LogP contribution in [0.25, 0.3) is 10.9 Å². The zero-order valence-corrected chi connectivity index (χ0v) is 15.4. The van der Waals surface area contributed by atoms with Gasteiger partial charge in [0.2, 0.25) is 0 Å². The molecule has 0 amide bonds. The second-order valence-electron chi connectivity index (χ2n) is 7.17. The minimum Gasteiger partial charge on any atom is -0.294 e. The monoisotopic (exact) mass is 400 g/mol. The molecular formula is C20H18F2N4O3. The zero-order chi connectivity index (χ0) is 20.5. The highest BCUT2D eigenvalue weighted by molar-refractivity contribution is 5.98. The van der Waals surface area contributed by atoms with E-state index in [1.807, 2.05) is 0 Å². The number of hydrogen-bond acceptors (Lipinski definition) is 5. The molecule has 150 valence electrons. The average Bonchev–Trinajstić information content (AvgIpc) is 3.12. The number of nitro benzene ring substituents is 1. The molecule has 1 aliphatic rings. The molecule has 1 fully saturated rings. The molecule has 0 bridgehead atoms. The highest BCUT2D eigenvalue weighted by Crippen LogP contribution is 2.25. The van der Waals surface area contributed by atoms with E-state index in [1.165, 1.54) is 12.1 Å². The molecule has 9 heteroatoms. The SMILES string of the molecule is O=C(c1cc(F)ccc1F)C1CCN(Cn2ncc3cc([N+](=O)[O-])ccc32)CC1. The molecule has 1 aromatic heterocycles. The van der Waals surface area contributed by atoms with Gasteiger partial charge in [-0.1, -0.05) is 0 Å². The van der Waals surface area contributed by atoms with Gasteiger partial charge in [0.15, 0.2) is 5.78 Å². The molecule has 0 radical (unpaired) electrons. The van der Waals surface area contributed by atoms with Crippen LogP contribution in [-0.4, -0.2) is 38.5 Å². The first-order valence-electron chi connectivity index (χ1n) is 9.24. The normalized spacial score (nSPS) is 15.7. The molecule has 0 spiro atoms. The van der Waals surface area contributed by atoms with Gasteiger partial charge in [0.25, 0.3) is 5.69 Å². The first kappa shape index (κ1) is 19.1. The maximum absolute atomic E-state index is 13.9. The largest absolute Gasteiger partial charge is 0.294 e. The molecule has 29 heavy (non-hydrogen) atoms. The lowest BCUT2D eigenvalue weighted by Gasteiger charge is -2.31. The number of fused-ring (bicyclic) bond motifs is 1. The van der Waals surface area contributed by atoms with Gasteiger partial charge in [-0.2, -0.15) is 5.10 Å². The predicted octanol–water partition coefficient (Wildman–Crippen LogP) is 3.78. The van der Waals surface area contributed by atoms with Gasteiger partial charge >= 0.3 is 0 Å². The maximum atomic E-state index is 13.9. The van der Waals surface area contributed by atoms with Gasteiger partial charge in [-0.05, 0) is 37.1 Å². The van der Waals surface area contributed by atoms with E-state index in [9.17, 15) is 23.7 Å². The Hall–Kier alpha value is -3.20. The van der Waals surface area contributed by atoms with Crippen LogP contribution in [0.2, 0.25) is 0 Å². The Kier molecular flexibility index (Phi) is 5.06. The molecule has 2 heterocycles. The van der Waals surface area contributed by atoms with E-state index in [-0.39, 0.29) is 23.0 Å². The Morgan fingerprint density at radius 1 is 1.17 bits per heavy atom. The van der Waals surface area contributed by atoms with E-state index in [4.69, 9.17) is 0 Å². The van der Waals surface area contributed by atoms with Crippen LogP contribution in [0, 0.1) is 27.7 Å². The molecule has 0 aliphatic carbocycles. The van der Waals surface area contributed by atoms with Crippen molar-refractivity contribution in [1.29, 1.82) is 0 Å². The Labute approximate surface area is 164 Å². The number of carbonyl (C=O) groups is 1. The van der Waals surface area contributed by atoms with E-state index in [1.54, 1.807) is 16.9 Å². The number of aromatic nitrogens is 2. The van der Waals surface area contributed by atoms with Crippen LogP contribution >= 0.6 is 0 Å². The van der Waals surface area contributed by atoms with E-state index >= 15 is 0 Å². The lowest BCUT2D eigenvalue weighted by atomic mass is 9.89. The third kappa shape index (κ3) is 3.86. The molecule has 0 saturated carbocycles. The summed E-state index contributed by atoms with van der Waals surface area (Å²) in [5.41, 5.74) is 0.611. The summed E-state index contributed by atoms with van der Waals surface area (Å²) in [5, 5.41) is 15.9. The van der Waals surface area contributed by atoms with Gasteiger partial charge in [0.05, 0.1) is 28.9 Å². The summed E-state index contributed by atoms with van der Waals surface area (Å²) in [6, 6.07) is 7.53. The number of Topliss-reactive ketones (excluding diaryl/α,β-unsaturated/α-hetero) is 1. The number of halogens is 2. The van der Waals surface area contributed by atoms with Crippen molar-refractivity contribution in [2.75, 3.05) is 13.1 Å². The number of carbonyl (C=O) groups excluding carboxylic acids is 1. The summed E-state index contributed by atoms with van der Waals surface area (Å²) in [6.45, 7) is 1.71. The lowest BCUT2D eigenvalue weighted by Crippen LogP contribution is -2.37. The van der Waals surface area contributed by atoms with Crippen LogP contribution in [0.15, 0.2) is 42.6 Å². The number of likely N-dealkylation sites (tertiary alicyclic amines) is 1. The van der Waals surface area contributed by atoms with Crippen LogP contribution in [0.1, 0.15) is 23.2 Å². The van der Waals surface area contributed by atoms with Gasteiger partial charge in [-0.25, -0.2) is 8.78 Å². The third-order valence-electron chi connectivity index (χ3n) is 5.32. The number of nitro groups is 1. The first-order valence-corrected chi connectivity index (χ1v) is 9.24. The van der Waals surface area contributed by atoms with Crippen molar-refractivity contribution in [3.8, 4) is 0 Å². The number of hydrogen-bond donors (Lipinski definition) is 0.